The number of likely N-dealkylation sites (tertiary alicyclic amines) is 1. The highest BCUT2D eigenvalue weighted by Gasteiger charge is 2.43. The largest absolute Gasteiger partial charge is 0.388 e. The first-order chi connectivity index (χ1) is 12.2. The zero-order valence-corrected chi connectivity index (χ0v) is 14.2. The number of piperidine rings is 1. The summed E-state index contributed by atoms with van der Waals surface area (Å²) in [5.41, 5.74) is 2.99. The van der Waals surface area contributed by atoms with Crippen molar-refractivity contribution in [3.8, 4) is 0 Å². The van der Waals surface area contributed by atoms with Gasteiger partial charge in [-0.05, 0) is 11.1 Å². The van der Waals surface area contributed by atoms with Gasteiger partial charge in [0.15, 0.2) is 0 Å². The monoisotopic (exact) mass is 334 g/mol. The summed E-state index contributed by atoms with van der Waals surface area (Å²) in [5, 5.41) is 4.33. The molecule has 0 atom stereocenters. The van der Waals surface area contributed by atoms with E-state index in [4.69, 9.17) is 4.84 Å². The van der Waals surface area contributed by atoms with Gasteiger partial charge < -0.3 is 9.74 Å². The van der Waals surface area contributed by atoms with E-state index in [9.17, 15) is 4.79 Å². The van der Waals surface area contributed by atoms with E-state index in [1.807, 2.05) is 53.4 Å². The molecule has 2 heterocycles. The lowest BCUT2D eigenvalue weighted by molar-refractivity contribution is -0.136. The highest BCUT2D eigenvalue weighted by Crippen LogP contribution is 2.36. The van der Waals surface area contributed by atoms with Gasteiger partial charge in [0.1, 0.15) is 5.60 Å². The van der Waals surface area contributed by atoms with Gasteiger partial charge in [-0.2, -0.15) is 0 Å². The van der Waals surface area contributed by atoms with Gasteiger partial charge >= 0.3 is 0 Å². The average molecular weight is 334 g/mol. The zero-order chi connectivity index (χ0) is 17.1. The molecule has 1 amide bonds. The Morgan fingerprint density at radius 1 is 1.00 bits per heavy atom. The second-order valence-electron chi connectivity index (χ2n) is 6.90. The van der Waals surface area contributed by atoms with Crippen LogP contribution < -0.4 is 0 Å². The lowest BCUT2D eigenvalue weighted by Crippen LogP contribution is -2.47. The lowest BCUT2D eigenvalue weighted by atomic mass is 9.85. The summed E-state index contributed by atoms with van der Waals surface area (Å²) in [5.74, 6) is 0.197. The molecule has 2 aromatic rings. The Bertz CT molecular complexity index is 763. The van der Waals surface area contributed by atoms with Crippen LogP contribution in [0.1, 0.15) is 30.4 Å². The number of benzene rings is 2. The first-order valence-electron chi connectivity index (χ1n) is 8.86. The molecule has 4 nitrogen and oxygen atoms in total. The van der Waals surface area contributed by atoms with Gasteiger partial charge in [0.2, 0.25) is 5.91 Å². The standard InChI is InChI=1S/C21H22N2O2/c24-20(15-17-7-3-1-4-8-17)23-13-11-21(12-14-23)16-19(22-25-21)18-9-5-2-6-10-18/h1-10H,11-16H2. The minimum absolute atomic E-state index is 0.197. The predicted molar refractivity (Wildman–Crippen MR) is 97.4 cm³/mol. The van der Waals surface area contributed by atoms with Crippen molar-refractivity contribution in [1.29, 1.82) is 0 Å². The summed E-state index contributed by atoms with van der Waals surface area (Å²) in [7, 11) is 0. The maximum atomic E-state index is 12.5. The molecule has 4 heteroatoms. The first-order valence-corrected chi connectivity index (χ1v) is 8.86. The molecule has 0 radical (unpaired) electrons. The summed E-state index contributed by atoms with van der Waals surface area (Å²) < 4.78 is 0. The molecule has 1 fully saturated rings. The topological polar surface area (TPSA) is 41.9 Å². The van der Waals surface area contributed by atoms with E-state index in [-0.39, 0.29) is 11.5 Å². The molecule has 25 heavy (non-hydrogen) atoms. The normalized spacial score (nSPS) is 18.7. The van der Waals surface area contributed by atoms with Crippen molar-refractivity contribution in [1.82, 2.24) is 4.90 Å². The van der Waals surface area contributed by atoms with Crippen molar-refractivity contribution in [3.05, 3.63) is 71.8 Å². The molecule has 0 saturated carbocycles. The van der Waals surface area contributed by atoms with Crippen molar-refractivity contribution in [2.24, 2.45) is 5.16 Å². The van der Waals surface area contributed by atoms with Crippen molar-refractivity contribution >= 4 is 11.6 Å². The summed E-state index contributed by atoms with van der Waals surface area (Å²) in [6.45, 7) is 1.48. The molecule has 0 N–H and O–H groups in total. The second-order valence-corrected chi connectivity index (χ2v) is 6.90. The van der Waals surface area contributed by atoms with E-state index in [1.165, 1.54) is 0 Å². The maximum absolute atomic E-state index is 12.5. The smallest absolute Gasteiger partial charge is 0.226 e. The van der Waals surface area contributed by atoms with Crippen LogP contribution >= 0.6 is 0 Å². The first kappa shape index (κ1) is 15.9. The number of carbonyl (C=O) groups excluding carboxylic acids is 1. The fraction of sp³-hybridized carbons (Fsp3) is 0.333. The Morgan fingerprint density at radius 3 is 2.32 bits per heavy atom. The quantitative estimate of drug-likeness (QED) is 0.863. The minimum atomic E-state index is -0.227. The van der Waals surface area contributed by atoms with Crippen molar-refractivity contribution in [3.63, 3.8) is 0 Å². The van der Waals surface area contributed by atoms with Gasteiger partial charge in [-0.3, -0.25) is 4.79 Å². The Hall–Kier alpha value is -2.62. The van der Waals surface area contributed by atoms with Gasteiger partial charge in [-0.15, -0.1) is 0 Å². The molecule has 0 unspecified atom stereocenters. The van der Waals surface area contributed by atoms with Crippen LogP contribution in [0.15, 0.2) is 65.8 Å². The molecule has 4 rings (SSSR count). The Morgan fingerprint density at radius 2 is 1.64 bits per heavy atom. The van der Waals surface area contributed by atoms with E-state index < -0.39 is 0 Å². The molecule has 1 saturated heterocycles. The van der Waals surface area contributed by atoms with Crippen LogP contribution in [0.3, 0.4) is 0 Å². The van der Waals surface area contributed by atoms with E-state index in [0.717, 1.165) is 49.2 Å². The molecule has 0 aromatic heterocycles. The maximum Gasteiger partial charge on any atom is 0.226 e. The number of nitrogens with zero attached hydrogens (tertiary/aromatic N) is 2. The summed E-state index contributed by atoms with van der Waals surface area (Å²) in [6, 6.07) is 20.1. The lowest BCUT2D eigenvalue weighted by Gasteiger charge is -2.37. The fourth-order valence-electron chi connectivity index (χ4n) is 3.62. The van der Waals surface area contributed by atoms with Crippen molar-refractivity contribution < 1.29 is 9.63 Å². The molecule has 2 aliphatic heterocycles. The van der Waals surface area contributed by atoms with Gasteiger partial charge in [0.05, 0.1) is 12.1 Å². The molecule has 1 spiro atoms. The molecular formula is C21H22N2O2. The van der Waals surface area contributed by atoms with Crippen LogP contribution in [0.5, 0.6) is 0 Å². The summed E-state index contributed by atoms with van der Waals surface area (Å²) in [6.07, 6.45) is 2.99. The van der Waals surface area contributed by atoms with E-state index in [1.54, 1.807) is 0 Å². The van der Waals surface area contributed by atoms with E-state index >= 15 is 0 Å². The van der Waals surface area contributed by atoms with E-state index in [0.29, 0.717) is 6.42 Å². The Balaban J connectivity index is 1.34. The fourth-order valence-corrected chi connectivity index (χ4v) is 3.62. The van der Waals surface area contributed by atoms with Crippen LogP contribution in [-0.2, 0) is 16.1 Å². The molecule has 2 aliphatic rings. The van der Waals surface area contributed by atoms with Gasteiger partial charge in [0.25, 0.3) is 0 Å². The highest BCUT2D eigenvalue weighted by molar-refractivity contribution is 6.01. The molecule has 0 aliphatic carbocycles. The molecule has 2 aromatic carbocycles. The third kappa shape index (κ3) is 3.43. The van der Waals surface area contributed by atoms with E-state index in [2.05, 4.69) is 17.3 Å². The Labute approximate surface area is 148 Å². The Kier molecular flexibility index (Phi) is 4.26. The molecule has 128 valence electrons. The SMILES string of the molecule is O=C(Cc1ccccc1)N1CCC2(CC1)CC(c1ccccc1)=NO2. The van der Waals surface area contributed by atoms with Crippen molar-refractivity contribution in [2.75, 3.05) is 13.1 Å². The minimum Gasteiger partial charge on any atom is -0.388 e. The van der Waals surface area contributed by atoms with Crippen LogP contribution in [0, 0.1) is 0 Å². The molecule has 0 bridgehead atoms. The van der Waals surface area contributed by atoms with Crippen LogP contribution in [-0.4, -0.2) is 35.2 Å². The third-order valence-corrected chi connectivity index (χ3v) is 5.17. The average Bonchev–Trinajstić information content (AvgIpc) is 3.07. The number of carbonyl (C=O) groups is 1. The number of hydrogen-bond acceptors (Lipinski definition) is 3. The number of hydrogen-bond donors (Lipinski definition) is 0. The predicted octanol–water partition coefficient (Wildman–Crippen LogP) is 3.41. The number of oxime groups is 1. The highest BCUT2D eigenvalue weighted by atomic mass is 16.7. The van der Waals surface area contributed by atoms with Gasteiger partial charge in [0, 0.05) is 32.4 Å². The summed E-state index contributed by atoms with van der Waals surface area (Å²) in [4.78, 5) is 20.3. The molecular weight excluding hydrogens is 312 g/mol. The van der Waals surface area contributed by atoms with Crippen LogP contribution in [0.2, 0.25) is 0 Å². The summed E-state index contributed by atoms with van der Waals surface area (Å²) >= 11 is 0. The van der Waals surface area contributed by atoms with Gasteiger partial charge in [-0.25, -0.2) is 0 Å². The zero-order valence-electron chi connectivity index (χ0n) is 14.2. The van der Waals surface area contributed by atoms with Crippen molar-refractivity contribution in [2.45, 2.75) is 31.3 Å². The van der Waals surface area contributed by atoms with Crippen LogP contribution in [0.4, 0.5) is 0 Å². The van der Waals surface area contributed by atoms with Crippen LogP contribution in [0.25, 0.3) is 0 Å². The third-order valence-electron chi connectivity index (χ3n) is 5.17. The second kappa shape index (κ2) is 6.71. The number of rotatable bonds is 3. The van der Waals surface area contributed by atoms with Gasteiger partial charge in [-0.1, -0.05) is 65.8 Å². The number of amides is 1.